The molecule has 1 aromatic carbocycles. The Hall–Kier alpha value is -1.78. The van der Waals surface area contributed by atoms with Crippen LogP contribution in [0.25, 0.3) is 0 Å². The first-order valence-electron chi connectivity index (χ1n) is 5.07. The van der Waals surface area contributed by atoms with E-state index in [-0.39, 0.29) is 22.9 Å². The second-order valence-electron chi connectivity index (χ2n) is 4.28. The summed E-state index contributed by atoms with van der Waals surface area (Å²) >= 11 is 0. The first-order chi connectivity index (χ1) is 7.59. The molecule has 1 fully saturated rings. The normalized spacial score (nSPS) is 25.3. The van der Waals surface area contributed by atoms with E-state index in [1.165, 1.54) is 0 Å². The summed E-state index contributed by atoms with van der Waals surface area (Å²) in [4.78, 5) is 11.0. The Morgan fingerprint density at radius 2 is 2.38 bits per heavy atom. The van der Waals surface area contributed by atoms with Crippen molar-refractivity contribution in [2.75, 3.05) is 12.3 Å². The second kappa shape index (κ2) is 2.87. The minimum absolute atomic E-state index is 0.0807. The van der Waals surface area contributed by atoms with Gasteiger partial charge in [0.25, 0.3) is 0 Å². The number of nitrogens with two attached hydrogens (primary N) is 1. The summed E-state index contributed by atoms with van der Waals surface area (Å²) in [5, 5.41) is 9.03. The Morgan fingerprint density at radius 1 is 1.62 bits per heavy atom. The molecule has 1 aliphatic carbocycles. The van der Waals surface area contributed by atoms with E-state index >= 15 is 0 Å². The zero-order valence-electron chi connectivity index (χ0n) is 8.37. The molecule has 2 unspecified atom stereocenters. The molecule has 0 aromatic heterocycles. The molecule has 2 atom stereocenters. The molecule has 5 heteroatoms. The topological polar surface area (TPSA) is 72.6 Å². The largest absolute Gasteiger partial charge is 0.492 e. The Morgan fingerprint density at radius 3 is 3.06 bits per heavy atom. The number of halogens is 1. The van der Waals surface area contributed by atoms with Gasteiger partial charge in [0, 0.05) is 11.5 Å². The highest BCUT2D eigenvalue weighted by atomic mass is 19.1. The summed E-state index contributed by atoms with van der Waals surface area (Å²) in [7, 11) is 0. The highest BCUT2D eigenvalue weighted by Crippen LogP contribution is 2.56. The molecule has 0 saturated heterocycles. The number of carbonyl (C=O) groups is 1. The van der Waals surface area contributed by atoms with Gasteiger partial charge in [-0.15, -0.1) is 0 Å². The van der Waals surface area contributed by atoms with Crippen LogP contribution in [-0.4, -0.2) is 17.7 Å². The van der Waals surface area contributed by atoms with Gasteiger partial charge in [0.1, 0.15) is 17.1 Å². The van der Waals surface area contributed by atoms with Crippen LogP contribution in [0.3, 0.4) is 0 Å². The Kier molecular flexibility index (Phi) is 1.70. The molecule has 0 radical (unpaired) electrons. The van der Waals surface area contributed by atoms with Gasteiger partial charge in [-0.1, -0.05) is 0 Å². The van der Waals surface area contributed by atoms with E-state index in [4.69, 9.17) is 15.6 Å². The average Bonchev–Trinajstić information content (AvgIpc) is 2.94. The molecular weight excluding hydrogens is 213 g/mol. The van der Waals surface area contributed by atoms with Crippen LogP contribution in [0, 0.1) is 11.7 Å². The van der Waals surface area contributed by atoms with Crippen molar-refractivity contribution < 1.29 is 19.0 Å². The number of carboxylic acids is 1. The van der Waals surface area contributed by atoms with Crippen LogP contribution >= 0.6 is 0 Å². The maximum absolute atomic E-state index is 13.7. The van der Waals surface area contributed by atoms with Crippen LogP contribution in [0.1, 0.15) is 28.3 Å². The third-order valence-corrected chi connectivity index (χ3v) is 3.25. The monoisotopic (exact) mass is 223 g/mol. The molecule has 84 valence electrons. The number of benzene rings is 1. The van der Waals surface area contributed by atoms with Gasteiger partial charge in [0.15, 0.2) is 0 Å². The van der Waals surface area contributed by atoms with Crippen molar-refractivity contribution in [3.05, 3.63) is 23.0 Å². The third-order valence-electron chi connectivity index (χ3n) is 3.25. The maximum atomic E-state index is 13.7. The lowest BCUT2D eigenvalue weighted by molar-refractivity contribution is 0.0692. The summed E-state index contributed by atoms with van der Waals surface area (Å²) in [5.41, 5.74) is 5.71. The summed E-state index contributed by atoms with van der Waals surface area (Å²) < 4.78 is 19.0. The average molecular weight is 223 g/mol. The van der Waals surface area contributed by atoms with E-state index in [2.05, 4.69) is 0 Å². The molecule has 0 bridgehead atoms. The van der Waals surface area contributed by atoms with E-state index in [0.29, 0.717) is 18.1 Å². The van der Waals surface area contributed by atoms with E-state index in [0.717, 1.165) is 12.5 Å². The first-order valence-corrected chi connectivity index (χ1v) is 5.07. The van der Waals surface area contributed by atoms with Crippen molar-refractivity contribution in [1.29, 1.82) is 0 Å². The standard InChI is InChI=1S/C11H10FNO3/c12-6-2-7(13)9(11(14)15)10-8(6)5-1-4(5)3-16-10/h2,4-5H,1,3,13H2,(H,14,15). The number of hydrogen-bond donors (Lipinski definition) is 2. The van der Waals surface area contributed by atoms with Crippen LogP contribution in [0.2, 0.25) is 0 Å². The predicted octanol–water partition coefficient (Wildman–Crippen LogP) is 1.60. The lowest BCUT2D eigenvalue weighted by Gasteiger charge is -2.20. The minimum atomic E-state index is -1.17. The van der Waals surface area contributed by atoms with Crippen LogP contribution in [0.4, 0.5) is 10.1 Å². The van der Waals surface area contributed by atoms with Crippen molar-refractivity contribution in [1.82, 2.24) is 0 Å². The Balaban J connectivity index is 2.27. The second-order valence-corrected chi connectivity index (χ2v) is 4.28. The van der Waals surface area contributed by atoms with E-state index in [1.807, 2.05) is 0 Å². The number of rotatable bonds is 1. The van der Waals surface area contributed by atoms with Gasteiger partial charge in [-0.05, 0) is 18.4 Å². The van der Waals surface area contributed by atoms with E-state index in [1.54, 1.807) is 0 Å². The minimum Gasteiger partial charge on any atom is -0.492 e. The summed E-state index contributed by atoms with van der Waals surface area (Å²) in [5.74, 6) is -1.05. The number of ether oxygens (including phenoxy) is 1. The maximum Gasteiger partial charge on any atom is 0.341 e. The lowest BCUT2D eigenvalue weighted by atomic mass is 9.99. The van der Waals surface area contributed by atoms with Crippen LogP contribution < -0.4 is 10.5 Å². The van der Waals surface area contributed by atoms with Gasteiger partial charge in [-0.25, -0.2) is 9.18 Å². The number of nitrogen functional groups attached to an aromatic ring is 1. The fourth-order valence-corrected chi connectivity index (χ4v) is 2.35. The Bertz CT molecular complexity index is 500. The molecule has 1 saturated carbocycles. The van der Waals surface area contributed by atoms with Crippen molar-refractivity contribution >= 4 is 11.7 Å². The highest BCUT2D eigenvalue weighted by molar-refractivity contribution is 5.97. The number of carboxylic acid groups (broad SMARTS) is 1. The molecule has 3 rings (SSSR count). The fraction of sp³-hybridized carbons (Fsp3) is 0.364. The molecule has 2 aliphatic rings. The van der Waals surface area contributed by atoms with Crippen LogP contribution in [-0.2, 0) is 0 Å². The lowest BCUT2D eigenvalue weighted by Crippen LogP contribution is -2.16. The predicted molar refractivity (Wildman–Crippen MR) is 54.1 cm³/mol. The zero-order valence-corrected chi connectivity index (χ0v) is 8.37. The smallest absolute Gasteiger partial charge is 0.341 e. The Labute approximate surface area is 90.8 Å². The van der Waals surface area contributed by atoms with Crippen molar-refractivity contribution in [2.24, 2.45) is 5.92 Å². The molecule has 1 aromatic rings. The number of fused-ring (bicyclic) bond motifs is 3. The number of aromatic carboxylic acids is 1. The molecule has 0 amide bonds. The van der Waals surface area contributed by atoms with Gasteiger partial charge < -0.3 is 15.6 Å². The number of hydrogen-bond acceptors (Lipinski definition) is 3. The fourth-order valence-electron chi connectivity index (χ4n) is 2.35. The quantitative estimate of drug-likeness (QED) is 0.709. The van der Waals surface area contributed by atoms with Gasteiger partial charge in [-0.3, -0.25) is 0 Å². The van der Waals surface area contributed by atoms with Gasteiger partial charge >= 0.3 is 5.97 Å². The van der Waals surface area contributed by atoms with Gasteiger partial charge in [-0.2, -0.15) is 0 Å². The molecule has 0 spiro atoms. The van der Waals surface area contributed by atoms with Gasteiger partial charge in [0.2, 0.25) is 0 Å². The van der Waals surface area contributed by atoms with Crippen LogP contribution in [0.15, 0.2) is 6.07 Å². The highest BCUT2D eigenvalue weighted by Gasteiger charge is 2.47. The summed E-state index contributed by atoms with van der Waals surface area (Å²) in [6.45, 7) is 0.459. The first kappa shape index (κ1) is 9.45. The SMILES string of the molecule is Nc1cc(F)c2c(c1C(=O)O)OCC1CC21. The van der Waals surface area contributed by atoms with Crippen molar-refractivity contribution in [3.8, 4) is 5.75 Å². The summed E-state index contributed by atoms with van der Waals surface area (Å²) in [6.07, 6.45) is 0.868. The molecule has 16 heavy (non-hydrogen) atoms. The molecular formula is C11H10FNO3. The molecule has 1 heterocycles. The van der Waals surface area contributed by atoms with E-state index < -0.39 is 11.8 Å². The third kappa shape index (κ3) is 1.11. The molecule has 4 nitrogen and oxygen atoms in total. The van der Waals surface area contributed by atoms with Crippen molar-refractivity contribution in [2.45, 2.75) is 12.3 Å². The molecule has 1 aliphatic heterocycles. The van der Waals surface area contributed by atoms with Crippen LogP contribution in [0.5, 0.6) is 5.75 Å². The van der Waals surface area contributed by atoms with Crippen molar-refractivity contribution in [3.63, 3.8) is 0 Å². The van der Waals surface area contributed by atoms with Gasteiger partial charge in [0.05, 0.1) is 12.3 Å². The molecule has 3 N–H and O–H groups in total. The zero-order chi connectivity index (χ0) is 11.4. The number of anilines is 1. The van der Waals surface area contributed by atoms with E-state index in [9.17, 15) is 9.18 Å². The summed E-state index contributed by atoms with van der Waals surface area (Å²) in [6, 6.07) is 1.08.